The van der Waals surface area contributed by atoms with Gasteiger partial charge in [0.25, 0.3) is 0 Å². The van der Waals surface area contributed by atoms with Crippen LogP contribution in [0.2, 0.25) is 0 Å². The van der Waals surface area contributed by atoms with Crippen LogP contribution in [0.4, 0.5) is 0 Å². The highest BCUT2D eigenvalue weighted by molar-refractivity contribution is 4.94. The van der Waals surface area contributed by atoms with Gasteiger partial charge in [0, 0.05) is 6.04 Å². The van der Waals surface area contributed by atoms with Crippen LogP contribution in [0.15, 0.2) is 0 Å². The molecule has 0 aromatic carbocycles. The fourth-order valence-electron chi connectivity index (χ4n) is 1.50. The lowest BCUT2D eigenvalue weighted by molar-refractivity contribution is 0.119. The lowest BCUT2D eigenvalue weighted by Gasteiger charge is -2.44. The molecule has 0 aromatic rings. The zero-order chi connectivity index (χ0) is 6.91. The van der Waals surface area contributed by atoms with Crippen molar-refractivity contribution in [3.05, 3.63) is 0 Å². The number of rotatable bonds is 2. The number of hydrogen-bond donors (Lipinski definition) is 2. The first-order valence-electron chi connectivity index (χ1n) is 3.57. The van der Waals surface area contributed by atoms with Crippen molar-refractivity contribution in [1.29, 1.82) is 0 Å². The Kier molecular flexibility index (Phi) is 1.78. The molecule has 0 unspecified atom stereocenters. The molecule has 0 radical (unpaired) electrons. The SMILES string of the molecule is CNC1CC(C)(CN)C1. The largest absolute Gasteiger partial charge is 0.330 e. The Hall–Kier alpha value is -0.0800. The topological polar surface area (TPSA) is 38.0 Å². The fourth-order valence-corrected chi connectivity index (χ4v) is 1.50. The van der Waals surface area contributed by atoms with E-state index in [1.165, 1.54) is 12.8 Å². The molecule has 1 rings (SSSR count). The van der Waals surface area contributed by atoms with Gasteiger partial charge in [0.2, 0.25) is 0 Å². The quantitative estimate of drug-likeness (QED) is 0.562. The van der Waals surface area contributed by atoms with E-state index in [-0.39, 0.29) is 0 Å². The van der Waals surface area contributed by atoms with Crippen LogP contribution in [0.25, 0.3) is 0 Å². The van der Waals surface area contributed by atoms with Crippen LogP contribution < -0.4 is 11.1 Å². The summed E-state index contributed by atoms with van der Waals surface area (Å²) in [6.07, 6.45) is 2.50. The van der Waals surface area contributed by atoms with Crippen molar-refractivity contribution >= 4 is 0 Å². The third-order valence-corrected chi connectivity index (χ3v) is 2.38. The Morgan fingerprint density at radius 1 is 1.67 bits per heavy atom. The summed E-state index contributed by atoms with van der Waals surface area (Å²) in [6, 6.07) is 0.735. The molecule has 2 nitrogen and oxygen atoms in total. The predicted molar refractivity (Wildman–Crippen MR) is 39.2 cm³/mol. The second-order valence-corrected chi connectivity index (χ2v) is 3.41. The summed E-state index contributed by atoms with van der Waals surface area (Å²) in [5.74, 6) is 0. The average molecular weight is 128 g/mol. The molecule has 2 heteroatoms. The van der Waals surface area contributed by atoms with E-state index >= 15 is 0 Å². The van der Waals surface area contributed by atoms with Crippen molar-refractivity contribution in [3.63, 3.8) is 0 Å². The summed E-state index contributed by atoms with van der Waals surface area (Å²) in [7, 11) is 2.01. The molecule has 1 aliphatic carbocycles. The molecular weight excluding hydrogens is 112 g/mol. The zero-order valence-electron chi connectivity index (χ0n) is 6.28. The monoisotopic (exact) mass is 128 g/mol. The molecule has 1 aliphatic rings. The van der Waals surface area contributed by atoms with E-state index < -0.39 is 0 Å². The second-order valence-electron chi connectivity index (χ2n) is 3.41. The lowest BCUT2D eigenvalue weighted by Crippen LogP contribution is -2.49. The van der Waals surface area contributed by atoms with Crippen molar-refractivity contribution in [2.75, 3.05) is 13.6 Å². The summed E-state index contributed by atoms with van der Waals surface area (Å²) in [4.78, 5) is 0. The molecule has 0 saturated heterocycles. The molecular formula is C7H16N2. The maximum atomic E-state index is 5.56. The first-order chi connectivity index (χ1) is 4.20. The Morgan fingerprint density at radius 2 is 2.22 bits per heavy atom. The van der Waals surface area contributed by atoms with Gasteiger partial charge in [-0.15, -0.1) is 0 Å². The van der Waals surface area contributed by atoms with E-state index in [2.05, 4.69) is 12.2 Å². The second kappa shape index (κ2) is 2.27. The van der Waals surface area contributed by atoms with E-state index in [0.29, 0.717) is 5.41 Å². The highest BCUT2D eigenvalue weighted by Crippen LogP contribution is 2.38. The predicted octanol–water partition coefficient (Wildman–Crippen LogP) is 0.333. The molecule has 0 bridgehead atoms. The van der Waals surface area contributed by atoms with Gasteiger partial charge in [0.15, 0.2) is 0 Å². The zero-order valence-corrected chi connectivity index (χ0v) is 6.28. The van der Waals surface area contributed by atoms with Gasteiger partial charge in [-0.25, -0.2) is 0 Å². The molecule has 3 N–H and O–H groups in total. The minimum absolute atomic E-state index is 0.452. The van der Waals surface area contributed by atoms with Gasteiger partial charge in [-0.2, -0.15) is 0 Å². The Balaban J connectivity index is 2.24. The van der Waals surface area contributed by atoms with Crippen molar-refractivity contribution in [2.24, 2.45) is 11.1 Å². The third-order valence-electron chi connectivity index (χ3n) is 2.38. The normalized spacial score (nSPS) is 42.3. The number of nitrogens with one attached hydrogen (secondary N) is 1. The fraction of sp³-hybridized carbons (Fsp3) is 1.00. The van der Waals surface area contributed by atoms with Crippen LogP contribution in [-0.4, -0.2) is 19.6 Å². The molecule has 1 fully saturated rings. The van der Waals surface area contributed by atoms with Gasteiger partial charge in [0.05, 0.1) is 0 Å². The molecule has 0 aliphatic heterocycles. The van der Waals surface area contributed by atoms with Gasteiger partial charge in [-0.1, -0.05) is 6.92 Å². The summed E-state index contributed by atoms with van der Waals surface area (Å²) >= 11 is 0. The standard InChI is InChI=1S/C7H16N2/c1-7(5-8)3-6(4-7)9-2/h6,9H,3-5,8H2,1-2H3. The maximum Gasteiger partial charge on any atom is 0.00754 e. The molecule has 0 aromatic heterocycles. The molecule has 0 amide bonds. The Morgan fingerprint density at radius 3 is 2.56 bits per heavy atom. The van der Waals surface area contributed by atoms with E-state index in [0.717, 1.165) is 12.6 Å². The van der Waals surface area contributed by atoms with E-state index in [4.69, 9.17) is 5.73 Å². The van der Waals surface area contributed by atoms with Crippen LogP contribution in [-0.2, 0) is 0 Å². The number of nitrogens with two attached hydrogens (primary N) is 1. The highest BCUT2D eigenvalue weighted by Gasteiger charge is 2.37. The van der Waals surface area contributed by atoms with Gasteiger partial charge in [-0.3, -0.25) is 0 Å². The van der Waals surface area contributed by atoms with Crippen molar-refractivity contribution in [2.45, 2.75) is 25.8 Å². The molecule has 54 valence electrons. The summed E-state index contributed by atoms with van der Waals surface area (Å²) in [5.41, 5.74) is 6.01. The van der Waals surface area contributed by atoms with Crippen molar-refractivity contribution in [1.82, 2.24) is 5.32 Å². The smallest absolute Gasteiger partial charge is 0.00754 e. The van der Waals surface area contributed by atoms with Gasteiger partial charge < -0.3 is 11.1 Å². The minimum atomic E-state index is 0.452. The van der Waals surface area contributed by atoms with E-state index in [1.807, 2.05) is 7.05 Å². The van der Waals surface area contributed by atoms with E-state index in [9.17, 15) is 0 Å². The van der Waals surface area contributed by atoms with Gasteiger partial charge >= 0.3 is 0 Å². The number of hydrogen-bond acceptors (Lipinski definition) is 2. The van der Waals surface area contributed by atoms with Crippen LogP contribution >= 0.6 is 0 Å². The molecule has 0 heterocycles. The molecule has 0 atom stereocenters. The lowest BCUT2D eigenvalue weighted by atomic mass is 9.67. The van der Waals surface area contributed by atoms with Crippen molar-refractivity contribution < 1.29 is 0 Å². The molecule has 1 saturated carbocycles. The summed E-state index contributed by atoms with van der Waals surface area (Å²) in [6.45, 7) is 3.09. The van der Waals surface area contributed by atoms with Crippen LogP contribution in [0, 0.1) is 5.41 Å². The Bertz CT molecular complexity index is 95.1. The highest BCUT2D eigenvalue weighted by atomic mass is 14.9. The maximum absolute atomic E-state index is 5.56. The molecule has 0 spiro atoms. The van der Waals surface area contributed by atoms with Crippen LogP contribution in [0.3, 0.4) is 0 Å². The molecule has 9 heavy (non-hydrogen) atoms. The van der Waals surface area contributed by atoms with Gasteiger partial charge in [-0.05, 0) is 31.8 Å². The average Bonchev–Trinajstić information content (AvgIpc) is 1.81. The first-order valence-corrected chi connectivity index (χ1v) is 3.57. The minimum Gasteiger partial charge on any atom is -0.330 e. The third kappa shape index (κ3) is 1.25. The van der Waals surface area contributed by atoms with Crippen LogP contribution in [0.1, 0.15) is 19.8 Å². The van der Waals surface area contributed by atoms with Crippen LogP contribution in [0.5, 0.6) is 0 Å². The summed E-state index contributed by atoms with van der Waals surface area (Å²) < 4.78 is 0. The Labute approximate surface area is 56.8 Å². The van der Waals surface area contributed by atoms with E-state index in [1.54, 1.807) is 0 Å². The van der Waals surface area contributed by atoms with Gasteiger partial charge in [0.1, 0.15) is 0 Å². The van der Waals surface area contributed by atoms with Crippen molar-refractivity contribution in [3.8, 4) is 0 Å². The first kappa shape index (κ1) is 7.03. The summed E-state index contributed by atoms with van der Waals surface area (Å²) in [5, 5.41) is 3.24.